The first kappa shape index (κ1) is 25.8. The van der Waals surface area contributed by atoms with E-state index in [9.17, 15) is 9.59 Å². The summed E-state index contributed by atoms with van der Waals surface area (Å²) in [5.41, 5.74) is 5.09. The summed E-state index contributed by atoms with van der Waals surface area (Å²) in [5.74, 6) is 0.162. The largest absolute Gasteiger partial charge is 0.338 e. The highest BCUT2D eigenvalue weighted by atomic mass is 16.2. The first-order valence-corrected chi connectivity index (χ1v) is 12.1. The van der Waals surface area contributed by atoms with E-state index in [-0.39, 0.29) is 18.0 Å². The topological polar surface area (TPSA) is 94.3 Å². The SMILES string of the molecule is CCNC(=O)Nc1ccc(C(CCNCc2ccccc2)c2ccc(NC(=O)NCC)cc2)cc1. The van der Waals surface area contributed by atoms with Crippen LogP contribution in [0.4, 0.5) is 21.0 Å². The van der Waals surface area contributed by atoms with Crippen LogP contribution in [0.25, 0.3) is 0 Å². The zero-order chi connectivity index (χ0) is 24.9. The Bertz CT molecular complexity index is 989. The monoisotopic (exact) mass is 473 g/mol. The van der Waals surface area contributed by atoms with Crippen LogP contribution in [0.5, 0.6) is 0 Å². The van der Waals surface area contributed by atoms with Crippen molar-refractivity contribution in [3.05, 3.63) is 95.6 Å². The normalized spacial score (nSPS) is 10.6. The lowest BCUT2D eigenvalue weighted by molar-refractivity contribution is 0.251. The summed E-state index contributed by atoms with van der Waals surface area (Å²) >= 11 is 0. The second-order valence-corrected chi connectivity index (χ2v) is 8.22. The summed E-state index contributed by atoms with van der Waals surface area (Å²) in [6, 6.07) is 25.9. The third kappa shape index (κ3) is 8.46. The zero-order valence-corrected chi connectivity index (χ0v) is 20.4. The van der Waals surface area contributed by atoms with E-state index in [0.717, 1.165) is 42.0 Å². The Labute approximate surface area is 207 Å². The van der Waals surface area contributed by atoms with E-state index in [4.69, 9.17) is 0 Å². The first-order valence-electron chi connectivity index (χ1n) is 12.1. The van der Waals surface area contributed by atoms with Gasteiger partial charge in [0.05, 0.1) is 0 Å². The van der Waals surface area contributed by atoms with Gasteiger partial charge in [-0.05, 0) is 67.8 Å². The van der Waals surface area contributed by atoms with Crippen molar-refractivity contribution in [2.24, 2.45) is 0 Å². The molecule has 3 aromatic rings. The second kappa shape index (κ2) is 13.8. The van der Waals surface area contributed by atoms with Crippen molar-refractivity contribution >= 4 is 23.4 Å². The number of benzene rings is 3. The van der Waals surface area contributed by atoms with Crippen molar-refractivity contribution in [1.82, 2.24) is 16.0 Å². The minimum atomic E-state index is -0.211. The Kier molecular flexibility index (Phi) is 10.1. The van der Waals surface area contributed by atoms with Crippen LogP contribution in [0.3, 0.4) is 0 Å². The van der Waals surface area contributed by atoms with Crippen molar-refractivity contribution in [3.63, 3.8) is 0 Å². The van der Waals surface area contributed by atoms with Crippen LogP contribution >= 0.6 is 0 Å². The predicted octanol–water partition coefficient (Wildman–Crippen LogP) is 5.28. The lowest BCUT2D eigenvalue weighted by Crippen LogP contribution is -2.28. The second-order valence-electron chi connectivity index (χ2n) is 8.22. The number of anilines is 2. The molecular formula is C28H35N5O2. The number of nitrogens with one attached hydrogen (secondary N) is 5. The van der Waals surface area contributed by atoms with E-state index >= 15 is 0 Å². The zero-order valence-electron chi connectivity index (χ0n) is 20.4. The molecule has 4 amide bonds. The lowest BCUT2D eigenvalue weighted by atomic mass is 9.88. The van der Waals surface area contributed by atoms with Crippen molar-refractivity contribution in [3.8, 4) is 0 Å². The molecule has 0 bridgehead atoms. The highest BCUT2D eigenvalue weighted by molar-refractivity contribution is 5.89. The Morgan fingerprint density at radius 1 is 0.686 bits per heavy atom. The van der Waals surface area contributed by atoms with Crippen LogP contribution in [0.2, 0.25) is 0 Å². The molecule has 0 aliphatic rings. The molecule has 35 heavy (non-hydrogen) atoms. The molecule has 0 unspecified atom stereocenters. The summed E-state index contributed by atoms with van der Waals surface area (Å²) in [6.07, 6.45) is 0.902. The van der Waals surface area contributed by atoms with Gasteiger partial charge in [-0.1, -0.05) is 54.6 Å². The number of carbonyl (C=O) groups excluding carboxylic acids is 2. The van der Waals surface area contributed by atoms with Gasteiger partial charge in [0.2, 0.25) is 0 Å². The fourth-order valence-electron chi connectivity index (χ4n) is 3.87. The molecule has 7 nitrogen and oxygen atoms in total. The third-order valence-corrected chi connectivity index (χ3v) is 5.60. The van der Waals surface area contributed by atoms with E-state index in [1.165, 1.54) is 5.56 Å². The standard InChI is InChI=1S/C28H35N5O2/c1-3-30-27(34)32-24-14-10-22(11-15-24)26(18-19-29-20-21-8-6-5-7-9-21)23-12-16-25(17-13-23)33-28(35)31-4-2/h5-17,26,29H,3-4,18-20H2,1-2H3,(H2,30,32,34)(H2,31,33,35). The van der Waals surface area contributed by atoms with Gasteiger partial charge < -0.3 is 26.6 Å². The maximum Gasteiger partial charge on any atom is 0.319 e. The van der Waals surface area contributed by atoms with Gasteiger partial charge in [0.25, 0.3) is 0 Å². The average molecular weight is 474 g/mol. The lowest BCUT2D eigenvalue weighted by Gasteiger charge is -2.20. The molecule has 3 aromatic carbocycles. The quantitative estimate of drug-likeness (QED) is 0.245. The average Bonchev–Trinajstić information content (AvgIpc) is 2.86. The Balaban J connectivity index is 1.71. The van der Waals surface area contributed by atoms with Gasteiger partial charge in [0.1, 0.15) is 0 Å². The van der Waals surface area contributed by atoms with Crippen LogP contribution in [0.1, 0.15) is 42.9 Å². The van der Waals surface area contributed by atoms with Gasteiger partial charge in [0.15, 0.2) is 0 Å². The molecule has 0 aliphatic heterocycles. The highest BCUT2D eigenvalue weighted by Gasteiger charge is 2.15. The maximum absolute atomic E-state index is 11.8. The fraction of sp³-hybridized carbons (Fsp3) is 0.286. The van der Waals surface area contributed by atoms with Gasteiger partial charge in [-0.2, -0.15) is 0 Å². The summed E-state index contributed by atoms with van der Waals surface area (Å²) < 4.78 is 0. The third-order valence-electron chi connectivity index (χ3n) is 5.60. The van der Waals surface area contributed by atoms with Crippen molar-refractivity contribution in [1.29, 1.82) is 0 Å². The van der Waals surface area contributed by atoms with Crippen molar-refractivity contribution in [2.45, 2.75) is 32.7 Å². The van der Waals surface area contributed by atoms with E-state index in [1.807, 2.05) is 56.3 Å². The van der Waals surface area contributed by atoms with Gasteiger partial charge in [-0.25, -0.2) is 9.59 Å². The molecule has 0 atom stereocenters. The molecule has 0 radical (unpaired) electrons. The molecular weight excluding hydrogens is 438 g/mol. The molecule has 7 heteroatoms. The van der Waals surface area contributed by atoms with Crippen LogP contribution in [0, 0.1) is 0 Å². The molecule has 0 heterocycles. The van der Waals surface area contributed by atoms with E-state index in [0.29, 0.717) is 13.1 Å². The van der Waals surface area contributed by atoms with Crippen molar-refractivity contribution < 1.29 is 9.59 Å². The smallest absolute Gasteiger partial charge is 0.319 e. The van der Waals surface area contributed by atoms with Gasteiger partial charge in [-0.15, -0.1) is 0 Å². The molecule has 0 fully saturated rings. The minimum absolute atomic E-state index is 0.162. The molecule has 0 aliphatic carbocycles. The maximum atomic E-state index is 11.8. The number of amides is 4. The number of hydrogen-bond acceptors (Lipinski definition) is 3. The Morgan fingerprint density at radius 2 is 1.17 bits per heavy atom. The molecule has 0 saturated heterocycles. The fourth-order valence-corrected chi connectivity index (χ4v) is 3.87. The van der Waals surface area contributed by atoms with E-state index in [1.54, 1.807) is 0 Å². The van der Waals surface area contributed by atoms with Crippen LogP contribution < -0.4 is 26.6 Å². The van der Waals surface area contributed by atoms with Crippen LogP contribution in [-0.2, 0) is 6.54 Å². The molecule has 184 valence electrons. The van der Waals surface area contributed by atoms with E-state index < -0.39 is 0 Å². The first-order chi connectivity index (χ1) is 17.1. The van der Waals surface area contributed by atoms with Crippen LogP contribution in [0.15, 0.2) is 78.9 Å². The van der Waals surface area contributed by atoms with E-state index in [2.05, 4.69) is 63.0 Å². The number of hydrogen-bond donors (Lipinski definition) is 5. The Morgan fingerprint density at radius 3 is 1.63 bits per heavy atom. The minimum Gasteiger partial charge on any atom is -0.338 e. The molecule has 0 saturated carbocycles. The predicted molar refractivity (Wildman–Crippen MR) is 143 cm³/mol. The molecule has 0 spiro atoms. The number of rotatable bonds is 11. The summed E-state index contributed by atoms with van der Waals surface area (Å²) in [6.45, 7) is 6.59. The molecule has 5 N–H and O–H groups in total. The van der Waals surface area contributed by atoms with Crippen LogP contribution in [-0.4, -0.2) is 31.7 Å². The van der Waals surface area contributed by atoms with Gasteiger partial charge >= 0.3 is 12.1 Å². The Hall–Kier alpha value is -3.84. The van der Waals surface area contributed by atoms with Gasteiger partial charge in [0, 0.05) is 36.9 Å². The highest BCUT2D eigenvalue weighted by Crippen LogP contribution is 2.29. The molecule has 3 rings (SSSR count). The summed E-state index contributed by atoms with van der Waals surface area (Å²) in [7, 11) is 0. The molecule has 0 aromatic heterocycles. The number of carbonyl (C=O) groups is 2. The summed E-state index contributed by atoms with van der Waals surface area (Å²) in [5, 5.41) is 14.7. The van der Waals surface area contributed by atoms with Crippen molar-refractivity contribution in [2.75, 3.05) is 30.3 Å². The number of urea groups is 2. The summed E-state index contributed by atoms with van der Waals surface area (Å²) in [4.78, 5) is 23.7. The van der Waals surface area contributed by atoms with Gasteiger partial charge in [-0.3, -0.25) is 0 Å².